The van der Waals surface area contributed by atoms with Gasteiger partial charge in [-0.3, -0.25) is 0 Å². The van der Waals surface area contributed by atoms with E-state index in [-0.39, 0.29) is 23.3 Å². The van der Waals surface area contributed by atoms with Crippen molar-refractivity contribution >= 4 is 27.7 Å². The highest BCUT2D eigenvalue weighted by atomic mass is 79.9. The van der Waals surface area contributed by atoms with Crippen molar-refractivity contribution in [1.82, 2.24) is 0 Å². The minimum atomic E-state index is -4.27. The molecule has 0 saturated heterocycles. The number of halogens is 4. The van der Waals surface area contributed by atoms with Crippen LogP contribution in [0.1, 0.15) is 5.56 Å². The van der Waals surface area contributed by atoms with Crippen molar-refractivity contribution in [3.8, 4) is 11.1 Å². The normalized spacial score (nSPS) is 11.7. The molecule has 0 aliphatic heterocycles. The molecule has 0 saturated carbocycles. The fourth-order valence-electron chi connectivity index (χ4n) is 1.70. The standard InChI is InChI=1S/C14H10BrF3OS/c15-13-7-10(1-2-11(13)8-19)9-3-5-12(6-4-9)20-14(16,17)18/h1-7,19H,8H2. The monoisotopic (exact) mass is 362 g/mol. The number of hydrogen-bond acceptors (Lipinski definition) is 2. The number of rotatable bonds is 3. The third-order valence-corrected chi connectivity index (χ3v) is 4.12. The van der Waals surface area contributed by atoms with E-state index in [1.807, 2.05) is 12.1 Å². The minimum Gasteiger partial charge on any atom is -0.392 e. The summed E-state index contributed by atoms with van der Waals surface area (Å²) in [6.45, 7) is -0.0674. The quantitative estimate of drug-likeness (QED) is 0.755. The molecule has 20 heavy (non-hydrogen) atoms. The van der Waals surface area contributed by atoms with Gasteiger partial charge in [-0.1, -0.05) is 40.2 Å². The van der Waals surface area contributed by atoms with Crippen LogP contribution in [0.3, 0.4) is 0 Å². The fraction of sp³-hybridized carbons (Fsp3) is 0.143. The second kappa shape index (κ2) is 6.20. The Hall–Kier alpha value is -0.980. The van der Waals surface area contributed by atoms with Crippen molar-refractivity contribution in [3.63, 3.8) is 0 Å². The Labute approximate surface area is 126 Å². The molecule has 1 N–H and O–H groups in total. The predicted molar refractivity (Wildman–Crippen MR) is 77.4 cm³/mol. The molecule has 2 aromatic carbocycles. The van der Waals surface area contributed by atoms with Crippen molar-refractivity contribution < 1.29 is 18.3 Å². The highest BCUT2D eigenvalue weighted by Crippen LogP contribution is 2.37. The summed E-state index contributed by atoms with van der Waals surface area (Å²) in [6.07, 6.45) is 0. The van der Waals surface area contributed by atoms with E-state index in [0.29, 0.717) is 0 Å². The Kier molecular flexibility index (Phi) is 4.78. The summed E-state index contributed by atoms with van der Waals surface area (Å²) in [7, 11) is 0. The lowest BCUT2D eigenvalue weighted by Crippen LogP contribution is -1.98. The van der Waals surface area contributed by atoms with Crippen LogP contribution in [0.15, 0.2) is 51.8 Å². The van der Waals surface area contributed by atoms with Crippen LogP contribution in [-0.2, 0) is 6.61 Å². The van der Waals surface area contributed by atoms with Crippen LogP contribution in [-0.4, -0.2) is 10.6 Å². The molecule has 0 heterocycles. The largest absolute Gasteiger partial charge is 0.446 e. The number of thioether (sulfide) groups is 1. The molecule has 6 heteroatoms. The van der Waals surface area contributed by atoms with Crippen molar-refractivity contribution in [2.24, 2.45) is 0 Å². The lowest BCUT2D eigenvalue weighted by atomic mass is 10.0. The molecule has 0 bridgehead atoms. The molecule has 2 aromatic rings. The van der Waals surface area contributed by atoms with E-state index in [1.54, 1.807) is 18.2 Å². The molecule has 0 unspecified atom stereocenters. The molecule has 0 aliphatic rings. The van der Waals surface area contributed by atoms with E-state index in [4.69, 9.17) is 5.11 Å². The van der Waals surface area contributed by atoms with Crippen LogP contribution >= 0.6 is 27.7 Å². The number of alkyl halides is 3. The first-order valence-corrected chi connectivity index (χ1v) is 7.25. The summed E-state index contributed by atoms with van der Waals surface area (Å²) in [6, 6.07) is 11.6. The number of aliphatic hydroxyl groups excluding tert-OH is 1. The Bertz CT molecular complexity index is 596. The van der Waals surface area contributed by atoms with Crippen molar-refractivity contribution in [2.45, 2.75) is 17.0 Å². The van der Waals surface area contributed by atoms with Crippen LogP contribution in [0, 0.1) is 0 Å². The summed E-state index contributed by atoms with van der Waals surface area (Å²) in [5.41, 5.74) is -1.81. The molecule has 0 aromatic heterocycles. The second-order valence-electron chi connectivity index (χ2n) is 4.04. The Morgan fingerprint density at radius 2 is 1.60 bits per heavy atom. The van der Waals surface area contributed by atoms with Gasteiger partial charge in [-0.15, -0.1) is 0 Å². The maximum Gasteiger partial charge on any atom is 0.446 e. The van der Waals surface area contributed by atoms with Gasteiger partial charge in [0.1, 0.15) is 0 Å². The third kappa shape index (κ3) is 4.01. The van der Waals surface area contributed by atoms with E-state index < -0.39 is 5.51 Å². The number of hydrogen-bond donors (Lipinski definition) is 1. The molecule has 0 aliphatic carbocycles. The van der Waals surface area contributed by atoms with Gasteiger partial charge in [-0.2, -0.15) is 13.2 Å². The van der Waals surface area contributed by atoms with Crippen LogP contribution in [0.4, 0.5) is 13.2 Å². The van der Waals surface area contributed by atoms with Crippen molar-refractivity contribution in [2.75, 3.05) is 0 Å². The minimum absolute atomic E-state index is 0.0674. The Morgan fingerprint density at radius 3 is 2.10 bits per heavy atom. The van der Waals surface area contributed by atoms with Crippen molar-refractivity contribution in [3.05, 3.63) is 52.5 Å². The second-order valence-corrected chi connectivity index (χ2v) is 6.03. The summed E-state index contributed by atoms with van der Waals surface area (Å²) in [4.78, 5) is 0.160. The molecule has 0 fully saturated rings. The van der Waals surface area contributed by atoms with Gasteiger partial charge in [0.05, 0.1) is 6.61 Å². The zero-order chi connectivity index (χ0) is 14.8. The summed E-state index contributed by atoms with van der Waals surface area (Å²) in [5.74, 6) is 0. The molecule has 0 amide bonds. The third-order valence-electron chi connectivity index (χ3n) is 2.64. The summed E-state index contributed by atoms with van der Waals surface area (Å²) < 4.78 is 37.5. The van der Waals surface area contributed by atoms with Gasteiger partial charge in [0.25, 0.3) is 0 Å². The maximum absolute atomic E-state index is 12.2. The molecule has 2 rings (SSSR count). The number of aliphatic hydroxyl groups is 1. The van der Waals surface area contributed by atoms with Gasteiger partial charge in [0.15, 0.2) is 0 Å². The lowest BCUT2D eigenvalue weighted by Gasteiger charge is -2.08. The van der Waals surface area contributed by atoms with Crippen LogP contribution in [0.25, 0.3) is 11.1 Å². The lowest BCUT2D eigenvalue weighted by molar-refractivity contribution is -0.0328. The van der Waals surface area contributed by atoms with Gasteiger partial charge >= 0.3 is 5.51 Å². The molecule has 0 spiro atoms. The van der Waals surface area contributed by atoms with Gasteiger partial charge < -0.3 is 5.11 Å². The van der Waals surface area contributed by atoms with Crippen LogP contribution in [0.5, 0.6) is 0 Å². The average molecular weight is 363 g/mol. The van der Waals surface area contributed by atoms with E-state index in [0.717, 1.165) is 21.2 Å². The molecule has 0 radical (unpaired) electrons. The first-order valence-electron chi connectivity index (χ1n) is 5.64. The Balaban J connectivity index is 2.24. The van der Waals surface area contributed by atoms with Gasteiger partial charge in [0, 0.05) is 9.37 Å². The first-order chi connectivity index (χ1) is 9.39. The van der Waals surface area contributed by atoms with Gasteiger partial charge in [0.2, 0.25) is 0 Å². The van der Waals surface area contributed by atoms with Crippen LogP contribution in [0.2, 0.25) is 0 Å². The van der Waals surface area contributed by atoms with E-state index in [2.05, 4.69) is 15.9 Å². The molecule has 0 atom stereocenters. The zero-order valence-corrected chi connectivity index (χ0v) is 12.5. The summed E-state index contributed by atoms with van der Waals surface area (Å²) >= 11 is 3.22. The topological polar surface area (TPSA) is 20.2 Å². The maximum atomic E-state index is 12.2. The molecule has 1 nitrogen and oxygen atoms in total. The average Bonchev–Trinajstić information content (AvgIpc) is 2.37. The predicted octanol–water partition coefficient (Wildman–Crippen LogP) is 5.22. The first kappa shape index (κ1) is 15.4. The highest BCUT2D eigenvalue weighted by Gasteiger charge is 2.28. The molecule has 106 valence electrons. The Morgan fingerprint density at radius 1 is 1.00 bits per heavy atom. The summed E-state index contributed by atoms with van der Waals surface area (Å²) in [5, 5.41) is 9.09. The zero-order valence-electron chi connectivity index (χ0n) is 10.1. The molecular weight excluding hydrogens is 353 g/mol. The van der Waals surface area contributed by atoms with Crippen molar-refractivity contribution in [1.29, 1.82) is 0 Å². The van der Waals surface area contributed by atoms with E-state index in [1.165, 1.54) is 12.1 Å². The smallest absolute Gasteiger partial charge is 0.392 e. The fourth-order valence-corrected chi connectivity index (χ4v) is 2.75. The van der Waals surface area contributed by atoms with E-state index >= 15 is 0 Å². The van der Waals surface area contributed by atoms with E-state index in [9.17, 15) is 13.2 Å². The number of benzene rings is 2. The van der Waals surface area contributed by atoms with Gasteiger partial charge in [-0.05, 0) is 46.7 Å². The SMILES string of the molecule is OCc1ccc(-c2ccc(SC(F)(F)F)cc2)cc1Br. The molecular formula is C14H10BrF3OS. The van der Waals surface area contributed by atoms with Gasteiger partial charge in [-0.25, -0.2) is 0 Å². The highest BCUT2D eigenvalue weighted by molar-refractivity contribution is 9.10. The van der Waals surface area contributed by atoms with Crippen LogP contribution < -0.4 is 0 Å².